The number of urea groups is 1. The SMILES string of the molecule is COCCOC(=O)C1=C(C)NC(=O)NC1c1cn(-c2ccccc2)nc1-c1ccc(S)cc1. The van der Waals surface area contributed by atoms with Gasteiger partial charge in [0.25, 0.3) is 0 Å². The topological polar surface area (TPSA) is 94.5 Å². The van der Waals surface area contributed by atoms with E-state index in [0.717, 1.165) is 16.1 Å². The third-order valence-electron chi connectivity index (χ3n) is 5.22. The molecule has 2 N–H and O–H groups in total. The zero-order valence-electron chi connectivity index (χ0n) is 18.2. The van der Waals surface area contributed by atoms with Crippen LogP contribution in [0.1, 0.15) is 18.5 Å². The number of hydrogen-bond donors (Lipinski definition) is 3. The molecule has 2 aromatic carbocycles. The van der Waals surface area contributed by atoms with Crippen molar-refractivity contribution in [3.63, 3.8) is 0 Å². The number of rotatable bonds is 7. The van der Waals surface area contributed by atoms with E-state index in [2.05, 4.69) is 23.3 Å². The second-order valence-electron chi connectivity index (χ2n) is 7.46. The van der Waals surface area contributed by atoms with Gasteiger partial charge < -0.3 is 20.1 Å². The highest BCUT2D eigenvalue weighted by atomic mass is 32.1. The van der Waals surface area contributed by atoms with Crippen molar-refractivity contribution >= 4 is 24.6 Å². The van der Waals surface area contributed by atoms with Gasteiger partial charge in [-0.25, -0.2) is 14.3 Å². The van der Waals surface area contributed by atoms with Crippen LogP contribution in [-0.2, 0) is 14.3 Å². The molecule has 1 aliphatic heterocycles. The number of benzene rings is 2. The summed E-state index contributed by atoms with van der Waals surface area (Å²) in [5, 5.41) is 10.3. The Kier molecular flexibility index (Phi) is 6.81. The Hall–Kier alpha value is -3.56. The van der Waals surface area contributed by atoms with E-state index in [4.69, 9.17) is 14.6 Å². The minimum Gasteiger partial charge on any atom is -0.460 e. The van der Waals surface area contributed by atoms with E-state index in [0.29, 0.717) is 22.5 Å². The molecule has 9 heteroatoms. The fraction of sp³-hybridized carbons (Fsp3) is 0.208. The molecule has 0 bridgehead atoms. The molecule has 170 valence electrons. The number of carbonyl (C=O) groups excluding carboxylic acids is 2. The van der Waals surface area contributed by atoms with E-state index in [-0.39, 0.29) is 13.2 Å². The molecular formula is C24H24N4O4S. The van der Waals surface area contributed by atoms with E-state index in [9.17, 15) is 9.59 Å². The number of amides is 2. The molecule has 0 aliphatic carbocycles. The van der Waals surface area contributed by atoms with Crippen molar-refractivity contribution in [1.29, 1.82) is 0 Å². The Labute approximate surface area is 197 Å². The molecule has 2 amide bonds. The van der Waals surface area contributed by atoms with Gasteiger partial charge in [0.15, 0.2) is 0 Å². The zero-order valence-corrected chi connectivity index (χ0v) is 19.1. The summed E-state index contributed by atoms with van der Waals surface area (Å²) in [6.45, 7) is 2.05. The van der Waals surface area contributed by atoms with Crippen molar-refractivity contribution in [2.45, 2.75) is 17.9 Å². The normalized spacial score (nSPS) is 15.7. The van der Waals surface area contributed by atoms with Crippen molar-refractivity contribution in [3.05, 3.63) is 77.6 Å². The van der Waals surface area contributed by atoms with Gasteiger partial charge in [-0.1, -0.05) is 30.3 Å². The minimum absolute atomic E-state index is 0.103. The lowest BCUT2D eigenvalue weighted by molar-refractivity contribution is -0.140. The van der Waals surface area contributed by atoms with Gasteiger partial charge in [-0.2, -0.15) is 5.10 Å². The van der Waals surface area contributed by atoms with E-state index >= 15 is 0 Å². The van der Waals surface area contributed by atoms with Crippen LogP contribution in [-0.4, -0.2) is 42.1 Å². The average molecular weight is 465 g/mol. The Bertz CT molecular complexity index is 1190. The molecule has 0 saturated carbocycles. The highest BCUT2D eigenvalue weighted by Crippen LogP contribution is 2.35. The monoisotopic (exact) mass is 464 g/mol. The number of carbonyl (C=O) groups is 2. The molecule has 33 heavy (non-hydrogen) atoms. The van der Waals surface area contributed by atoms with Gasteiger partial charge in [0.2, 0.25) is 0 Å². The number of allylic oxidation sites excluding steroid dienone is 1. The van der Waals surface area contributed by atoms with E-state index in [1.54, 1.807) is 11.6 Å². The first-order valence-electron chi connectivity index (χ1n) is 10.4. The van der Waals surface area contributed by atoms with Crippen LogP contribution in [0.25, 0.3) is 16.9 Å². The highest BCUT2D eigenvalue weighted by Gasteiger charge is 2.35. The largest absolute Gasteiger partial charge is 0.460 e. The molecule has 0 spiro atoms. The van der Waals surface area contributed by atoms with Crippen LogP contribution in [0.4, 0.5) is 4.79 Å². The molecule has 2 heterocycles. The summed E-state index contributed by atoms with van der Waals surface area (Å²) in [5.41, 5.74) is 3.71. The highest BCUT2D eigenvalue weighted by molar-refractivity contribution is 7.80. The Balaban J connectivity index is 1.83. The summed E-state index contributed by atoms with van der Waals surface area (Å²) in [4.78, 5) is 26.2. The number of nitrogens with one attached hydrogen (secondary N) is 2. The molecule has 1 aromatic heterocycles. The number of hydrogen-bond acceptors (Lipinski definition) is 6. The number of thiol groups is 1. The Morgan fingerprint density at radius 3 is 2.55 bits per heavy atom. The lowest BCUT2D eigenvalue weighted by Crippen LogP contribution is -2.45. The first kappa shape index (κ1) is 22.6. The predicted octanol–water partition coefficient (Wildman–Crippen LogP) is 3.65. The van der Waals surface area contributed by atoms with Crippen LogP contribution in [0.3, 0.4) is 0 Å². The predicted molar refractivity (Wildman–Crippen MR) is 126 cm³/mol. The summed E-state index contributed by atoms with van der Waals surface area (Å²) in [5.74, 6) is -0.536. The van der Waals surface area contributed by atoms with Gasteiger partial charge in [-0.15, -0.1) is 12.6 Å². The van der Waals surface area contributed by atoms with Gasteiger partial charge in [-0.3, -0.25) is 0 Å². The van der Waals surface area contributed by atoms with Crippen LogP contribution in [0.2, 0.25) is 0 Å². The first-order chi connectivity index (χ1) is 16.0. The zero-order chi connectivity index (χ0) is 23.4. The number of para-hydroxylation sites is 1. The third-order valence-corrected chi connectivity index (χ3v) is 5.52. The van der Waals surface area contributed by atoms with Crippen molar-refractivity contribution < 1.29 is 19.1 Å². The van der Waals surface area contributed by atoms with Crippen LogP contribution in [0.5, 0.6) is 0 Å². The van der Waals surface area contributed by atoms with Crippen LogP contribution < -0.4 is 10.6 Å². The molecular weight excluding hydrogens is 440 g/mol. The Morgan fingerprint density at radius 2 is 1.85 bits per heavy atom. The second kappa shape index (κ2) is 9.93. The molecule has 0 radical (unpaired) electrons. The summed E-state index contributed by atoms with van der Waals surface area (Å²) in [7, 11) is 1.53. The molecule has 1 atom stereocenters. The summed E-state index contributed by atoms with van der Waals surface area (Å²) < 4.78 is 12.1. The number of methoxy groups -OCH3 is 1. The summed E-state index contributed by atoms with van der Waals surface area (Å²) in [6, 6.07) is 16.0. The quantitative estimate of drug-likeness (QED) is 0.282. The Morgan fingerprint density at radius 1 is 1.12 bits per heavy atom. The smallest absolute Gasteiger partial charge is 0.338 e. The van der Waals surface area contributed by atoms with Crippen molar-refractivity contribution in [3.8, 4) is 16.9 Å². The fourth-order valence-electron chi connectivity index (χ4n) is 3.65. The second-order valence-corrected chi connectivity index (χ2v) is 7.98. The van der Waals surface area contributed by atoms with Crippen LogP contribution in [0.15, 0.2) is 77.0 Å². The van der Waals surface area contributed by atoms with Gasteiger partial charge in [0, 0.05) is 35.0 Å². The van der Waals surface area contributed by atoms with Gasteiger partial charge >= 0.3 is 12.0 Å². The molecule has 1 unspecified atom stereocenters. The maximum Gasteiger partial charge on any atom is 0.338 e. The molecule has 0 fully saturated rings. The number of ether oxygens (including phenoxy) is 2. The number of nitrogens with zero attached hydrogens (tertiary/aromatic N) is 2. The maximum absolute atomic E-state index is 13.0. The average Bonchev–Trinajstić information content (AvgIpc) is 3.25. The van der Waals surface area contributed by atoms with Gasteiger partial charge in [0.05, 0.1) is 29.6 Å². The molecule has 3 aromatic rings. The van der Waals surface area contributed by atoms with Crippen molar-refractivity contribution in [2.24, 2.45) is 0 Å². The summed E-state index contributed by atoms with van der Waals surface area (Å²) in [6.07, 6.45) is 1.82. The van der Waals surface area contributed by atoms with E-state index in [1.165, 1.54) is 7.11 Å². The molecule has 1 aliphatic rings. The third kappa shape index (κ3) is 4.94. The standard InChI is InChI=1S/C24H24N4O4S/c1-15-20(23(29)32-13-12-31-2)22(26-24(30)25-15)19-14-28(17-6-4-3-5-7-17)27-21(19)16-8-10-18(33)11-9-16/h3-11,14,22,33H,12-13H2,1-2H3,(H2,25,26,30). The summed E-state index contributed by atoms with van der Waals surface area (Å²) >= 11 is 4.37. The lowest BCUT2D eigenvalue weighted by atomic mass is 9.94. The maximum atomic E-state index is 13.0. The van der Waals surface area contributed by atoms with Crippen LogP contribution >= 0.6 is 12.6 Å². The van der Waals surface area contributed by atoms with E-state index in [1.807, 2.05) is 60.8 Å². The molecule has 0 saturated heterocycles. The van der Waals surface area contributed by atoms with E-state index < -0.39 is 18.0 Å². The van der Waals surface area contributed by atoms with Gasteiger partial charge in [0.1, 0.15) is 6.61 Å². The molecule has 4 rings (SSSR count). The van der Waals surface area contributed by atoms with Crippen LogP contribution in [0, 0.1) is 0 Å². The number of esters is 1. The van der Waals surface area contributed by atoms with Crippen molar-refractivity contribution in [2.75, 3.05) is 20.3 Å². The molecule has 8 nitrogen and oxygen atoms in total. The lowest BCUT2D eigenvalue weighted by Gasteiger charge is -2.28. The van der Waals surface area contributed by atoms with Crippen molar-refractivity contribution in [1.82, 2.24) is 20.4 Å². The minimum atomic E-state index is -0.753. The number of aromatic nitrogens is 2. The first-order valence-corrected chi connectivity index (χ1v) is 10.8. The van der Waals surface area contributed by atoms with Gasteiger partial charge in [-0.05, 0) is 31.2 Å². The fourth-order valence-corrected chi connectivity index (χ4v) is 3.80.